The minimum Gasteiger partial charge on any atom is -0.486 e. The Kier molecular flexibility index (Phi) is 4.89. The Morgan fingerprint density at radius 2 is 2.08 bits per heavy atom. The first-order valence-corrected chi connectivity index (χ1v) is 8.76. The van der Waals surface area contributed by atoms with E-state index in [-0.39, 0.29) is 23.2 Å². The summed E-state index contributed by atoms with van der Waals surface area (Å²) in [6, 6.07) is 5.54. The molecule has 2 heterocycles. The lowest BCUT2D eigenvalue weighted by molar-refractivity contribution is -0.121. The quantitative estimate of drug-likeness (QED) is 0.900. The minimum absolute atomic E-state index is 0.0276. The number of hydrogen-bond donors (Lipinski definition) is 1. The molecule has 0 radical (unpaired) electrons. The summed E-state index contributed by atoms with van der Waals surface area (Å²) >= 11 is 1.16. The Labute approximate surface area is 144 Å². The maximum absolute atomic E-state index is 12.2. The SMILES string of the molecule is Cc1csc(=O)n1CCC(=O)N[C@@H](C)c1ccc2c(c1)OCCO2. The van der Waals surface area contributed by atoms with E-state index >= 15 is 0 Å². The summed E-state index contributed by atoms with van der Waals surface area (Å²) in [5, 5.41) is 4.76. The lowest BCUT2D eigenvalue weighted by Crippen LogP contribution is -2.28. The van der Waals surface area contributed by atoms with E-state index in [2.05, 4.69) is 5.32 Å². The van der Waals surface area contributed by atoms with E-state index in [1.165, 1.54) is 0 Å². The van der Waals surface area contributed by atoms with Crippen molar-refractivity contribution in [1.29, 1.82) is 0 Å². The van der Waals surface area contributed by atoms with Crippen LogP contribution in [-0.2, 0) is 11.3 Å². The molecular formula is C17H20N2O4S. The van der Waals surface area contributed by atoms with Crippen LogP contribution in [0.15, 0.2) is 28.4 Å². The molecule has 0 saturated carbocycles. The number of hydrogen-bond acceptors (Lipinski definition) is 5. The van der Waals surface area contributed by atoms with E-state index in [0.717, 1.165) is 28.3 Å². The standard InChI is InChI=1S/C17H20N2O4S/c1-11-10-24-17(21)19(11)6-5-16(20)18-12(2)13-3-4-14-15(9-13)23-8-7-22-14/h3-4,9-10,12H,5-8H2,1-2H3,(H,18,20)/t12-/m0/s1. The van der Waals surface area contributed by atoms with E-state index in [9.17, 15) is 9.59 Å². The fraction of sp³-hybridized carbons (Fsp3) is 0.412. The van der Waals surface area contributed by atoms with Crippen LogP contribution in [-0.4, -0.2) is 23.7 Å². The number of nitrogens with one attached hydrogen (secondary N) is 1. The molecule has 7 heteroatoms. The smallest absolute Gasteiger partial charge is 0.307 e. The Balaban J connectivity index is 1.59. The van der Waals surface area contributed by atoms with Gasteiger partial charge in [-0.3, -0.25) is 9.59 Å². The summed E-state index contributed by atoms with van der Waals surface area (Å²) in [5.41, 5.74) is 1.84. The molecule has 2 aromatic rings. The fourth-order valence-electron chi connectivity index (χ4n) is 2.61. The molecule has 1 aliphatic heterocycles. The predicted molar refractivity (Wildman–Crippen MR) is 91.9 cm³/mol. The van der Waals surface area contributed by atoms with Crippen molar-refractivity contribution in [1.82, 2.24) is 9.88 Å². The van der Waals surface area contributed by atoms with Crippen LogP contribution < -0.4 is 19.7 Å². The molecule has 1 atom stereocenters. The molecule has 0 spiro atoms. The Morgan fingerprint density at radius 3 is 2.79 bits per heavy atom. The molecule has 24 heavy (non-hydrogen) atoms. The number of aryl methyl sites for hydroxylation is 1. The number of aromatic nitrogens is 1. The van der Waals surface area contributed by atoms with Gasteiger partial charge in [-0.1, -0.05) is 17.4 Å². The first-order chi connectivity index (χ1) is 11.5. The molecule has 0 fully saturated rings. The van der Waals surface area contributed by atoms with Crippen LogP contribution >= 0.6 is 11.3 Å². The van der Waals surface area contributed by atoms with E-state index in [1.807, 2.05) is 32.0 Å². The Bertz CT molecular complexity index is 796. The van der Waals surface area contributed by atoms with Crippen molar-refractivity contribution in [2.75, 3.05) is 13.2 Å². The zero-order valence-electron chi connectivity index (χ0n) is 13.7. The van der Waals surface area contributed by atoms with E-state index in [0.29, 0.717) is 25.5 Å². The molecule has 128 valence electrons. The number of fused-ring (bicyclic) bond motifs is 1. The lowest BCUT2D eigenvalue weighted by Gasteiger charge is -2.21. The van der Waals surface area contributed by atoms with Crippen molar-refractivity contribution in [2.45, 2.75) is 32.9 Å². The Hall–Kier alpha value is -2.28. The highest BCUT2D eigenvalue weighted by Gasteiger charge is 2.16. The predicted octanol–water partition coefficient (Wildman–Crippen LogP) is 2.26. The van der Waals surface area contributed by atoms with Gasteiger partial charge in [0.25, 0.3) is 0 Å². The van der Waals surface area contributed by atoms with Gasteiger partial charge in [-0.05, 0) is 31.5 Å². The van der Waals surface area contributed by atoms with Crippen LogP contribution in [0, 0.1) is 6.92 Å². The van der Waals surface area contributed by atoms with Gasteiger partial charge in [0.15, 0.2) is 11.5 Å². The number of ether oxygens (including phenoxy) is 2. The number of thiazole rings is 1. The third-order valence-electron chi connectivity index (χ3n) is 3.98. The first-order valence-electron chi connectivity index (χ1n) is 7.88. The van der Waals surface area contributed by atoms with Crippen molar-refractivity contribution in [3.05, 3.63) is 44.5 Å². The van der Waals surface area contributed by atoms with Gasteiger partial charge >= 0.3 is 4.87 Å². The monoisotopic (exact) mass is 348 g/mol. The third kappa shape index (κ3) is 3.62. The highest BCUT2D eigenvalue weighted by Crippen LogP contribution is 2.32. The first kappa shape index (κ1) is 16.6. The lowest BCUT2D eigenvalue weighted by atomic mass is 10.1. The van der Waals surface area contributed by atoms with E-state index in [1.54, 1.807) is 9.95 Å². The van der Waals surface area contributed by atoms with Gasteiger partial charge in [-0.25, -0.2) is 0 Å². The van der Waals surface area contributed by atoms with Crippen molar-refractivity contribution >= 4 is 17.2 Å². The summed E-state index contributed by atoms with van der Waals surface area (Å²) in [4.78, 5) is 23.8. The number of carbonyl (C=O) groups excluding carboxylic acids is 1. The molecule has 1 aromatic carbocycles. The van der Waals surface area contributed by atoms with Crippen LogP contribution in [0.25, 0.3) is 0 Å². The number of benzene rings is 1. The Morgan fingerprint density at radius 1 is 1.33 bits per heavy atom. The van der Waals surface area contributed by atoms with Crippen LogP contribution in [0.1, 0.15) is 30.6 Å². The molecule has 0 saturated heterocycles. The average Bonchev–Trinajstić information content (AvgIpc) is 2.90. The zero-order valence-corrected chi connectivity index (χ0v) is 14.5. The molecule has 1 aliphatic rings. The summed E-state index contributed by atoms with van der Waals surface area (Å²) in [7, 11) is 0. The van der Waals surface area contributed by atoms with Crippen LogP contribution in [0.3, 0.4) is 0 Å². The average molecular weight is 348 g/mol. The molecule has 0 aliphatic carbocycles. The second-order valence-electron chi connectivity index (χ2n) is 5.74. The summed E-state index contributed by atoms with van der Waals surface area (Å²) < 4.78 is 12.7. The van der Waals surface area contributed by atoms with Crippen molar-refractivity contribution < 1.29 is 14.3 Å². The largest absolute Gasteiger partial charge is 0.486 e. The van der Waals surface area contributed by atoms with Gasteiger partial charge in [-0.15, -0.1) is 0 Å². The molecule has 3 rings (SSSR count). The molecule has 1 N–H and O–H groups in total. The van der Waals surface area contributed by atoms with E-state index < -0.39 is 0 Å². The second kappa shape index (κ2) is 7.09. The van der Waals surface area contributed by atoms with Crippen molar-refractivity contribution in [2.24, 2.45) is 0 Å². The van der Waals surface area contributed by atoms with Gasteiger partial charge in [0, 0.05) is 24.0 Å². The summed E-state index contributed by atoms with van der Waals surface area (Å²) in [5.74, 6) is 1.35. The highest BCUT2D eigenvalue weighted by atomic mass is 32.1. The van der Waals surface area contributed by atoms with Gasteiger partial charge in [-0.2, -0.15) is 0 Å². The van der Waals surface area contributed by atoms with Gasteiger partial charge in [0.1, 0.15) is 13.2 Å². The number of rotatable bonds is 5. The molecular weight excluding hydrogens is 328 g/mol. The van der Waals surface area contributed by atoms with Crippen LogP contribution in [0.2, 0.25) is 0 Å². The van der Waals surface area contributed by atoms with E-state index in [4.69, 9.17) is 9.47 Å². The second-order valence-corrected chi connectivity index (χ2v) is 6.56. The van der Waals surface area contributed by atoms with Gasteiger partial charge in [0.05, 0.1) is 6.04 Å². The number of amides is 1. The molecule has 0 bridgehead atoms. The zero-order chi connectivity index (χ0) is 17.1. The maximum atomic E-state index is 12.2. The highest BCUT2D eigenvalue weighted by molar-refractivity contribution is 7.07. The summed E-state index contributed by atoms with van der Waals surface area (Å²) in [6.45, 7) is 5.28. The van der Waals surface area contributed by atoms with Crippen LogP contribution in [0.5, 0.6) is 11.5 Å². The number of nitrogens with zero attached hydrogens (tertiary/aromatic N) is 1. The van der Waals surface area contributed by atoms with Gasteiger partial charge in [0.2, 0.25) is 5.91 Å². The molecule has 6 nitrogen and oxygen atoms in total. The topological polar surface area (TPSA) is 69.6 Å². The van der Waals surface area contributed by atoms with Gasteiger partial charge < -0.3 is 19.4 Å². The van der Waals surface area contributed by atoms with Crippen molar-refractivity contribution in [3.63, 3.8) is 0 Å². The third-order valence-corrected chi connectivity index (χ3v) is 4.86. The summed E-state index contributed by atoms with van der Waals surface area (Å²) in [6.07, 6.45) is 0.270. The molecule has 1 amide bonds. The minimum atomic E-state index is -0.145. The molecule has 1 aromatic heterocycles. The maximum Gasteiger partial charge on any atom is 0.307 e. The fourth-order valence-corrected chi connectivity index (χ4v) is 3.38. The van der Waals surface area contributed by atoms with Crippen molar-refractivity contribution in [3.8, 4) is 11.5 Å². The van der Waals surface area contributed by atoms with Crippen LogP contribution in [0.4, 0.5) is 0 Å². The normalized spacial score (nSPS) is 14.2. The number of carbonyl (C=O) groups is 1. The molecule has 0 unspecified atom stereocenters.